The molecule has 1 aromatic carbocycles. The number of hydrogen-bond acceptors (Lipinski definition) is 2. The molecule has 0 aliphatic carbocycles. The lowest BCUT2D eigenvalue weighted by molar-refractivity contribution is 0.101. The average Bonchev–Trinajstić information content (AvgIpc) is 2.69. The largest absolute Gasteiger partial charge is 0.361 e. The Bertz CT molecular complexity index is 587. The van der Waals surface area contributed by atoms with E-state index in [1.807, 2.05) is 20.3 Å². The molecule has 0 aliphatic rings. The molecule has 96 valence electrons. The van der Waals surface area contributed by atoms with Crippen molar-refractivity contribution in [3.8, 4) is 0 Å². The molecule has 0 radical (unpaired) electrons. The summed E-state index contributed by atoms with van der Waals surface area (Å²) in [5.74, 6) is -0.451. The van der Waals surface area contributed by atoms with Crippen LogP contribution in [0.4, 0.5) is 4.39 Å². The topological polar surface area (TPSA) is 36.1 Å². The van der Waals surface area contributed by atoms with Gasteiger partial charge in [-0.15, -0.1) is 0 Å². The van der Waals surface area contributed by atoms with Crippen molar-refractivity contribution < 1.29 is 9.18 Å². The van der Waals surface area contributed by atoms with Gasteiger partial charge in [0.2, 0.25) is 0 Å². The number of fused-ring (bicyclic) bond motifs is 1. The lowest BCUT2D eigenvalue weighted by Gasteiger charge is -2.08. The zero-order valence-corrected chi connectivity index (χ0v) is 10.9. The van der Waals surface area contributed by atoms with E-state index in [2.05, 4.69) is 9.88 Å². The first kappa shape index (κ1) is 12.8. The third-order valence-electron chi connectivity index (χ3n) is 3.05. The molecule has 0 fully saturated rings. The molecule has 4 heteroatoms. The minimum Gasteiger partial charge on any atom is -0.361 e. The molecule has 1 N–H and O–H groups in total. The summed E-state index contributed by atoms with van der Waals surface area (Å²) in [6, 6.07) is 3.03. The highest BCUT2D eigenvalue weighted by Crippen LogP contribution is 2.24. The van der Waals surface area contributed by atoms with E-state index >= 15 is 0 Å². The normalized spacial score (nSPS) is 11.4. The van der Waals surface area contributed by atoms with Crippen molar-refractivity contribution in [2.45, 2.75) is 13.3 Å². The first-order chi connectivity index (χ1) is 8.49. The second kappa shape index (κ2) is 4.90. The molecule has 0 amide bonds. The third-order valence-corrected chi connectivity index (χ3v) is 3.05. The predicted molar refractivity (Wildman–Crippen MR) is 70.5 cm³/mol. The van der Waals surface area contributed by atoms with Crippen LogP contribution in [-0.2, 0) is 6.42 Å². The number of carbonyl (C=O) groups is 1. The molecule has 1 aromatic heterocycles. The zero-order chi connectivity index (χ0) is 13.3. The van der Waals surface area contributed by atoms with Gasteiger partial charge in [0, 0.05) is 29.2 Å². The lowest BCUT2D eigenvalue weighted by atomic mass is 10.1. The molecular weight excluding hydrogens is 231 g/mol. The van der Waals surface area contributed by atoms with Gasteiger partial charge in [0.25, 0.3) is 0 Å². The number of hydrogen-bond donors (Lipinski definition) is 1. The summed E-state index contributed by atoms with van der Waals surface area (Å²) >= 11 is 0. The van der Waals surface area contributed by atoms with Gasteiger partial charge in [-0.05, 0) is 45.1 Å². The number of ketones is 1. The lowest BCUT2D eigenvalue weighted by Crippen LogP contribution is -2.14. The number of aromatic amines is 1. The van der Waals surface area contributed by atoms with E-state index < -0.39 is 0 Å². The highest BCUT2D eigenvalue weighted by molar-refractivity contribution is 5.98. The Labute approximate surface area is 106 Å². The maximum absolute atomic E-state index is 14.0. The number of halogens is 1. The van der Waals surface area contributed by atoms with Crippen molar-refractivity contribution in [1.29, 1.82) is 0 Å². The van der Waals surface area contributed by atoms with Crippen LogP contribution in [0.15, 0.2) is 18.3 Å². The van der Waals surface area contributed by atoms with Gasteiger partial charge in [-0.1, -0.05) is 0 Å². The van der Waals surface area contributed by atoms with Crippen molar-refractivity contribution >= 4 is 16.7 Å². The van der Waals surface area contributed by atoms with Crippen LogP contribution in [0.2, 0.25) is 0 Å². The van der Waals surface area contributed by atoms with E-state index in [0.717, 1.165) is 18.5 Å². The number of rotatable bonds is 4. The summed E-state index contributed by atoms with van der Waals surface area (Å²) in [6.07, 6.45) is 2.60. The van der Waals surface area contributed by atoms with Gasteiger partial charge in [0.15, 0.2) is 5.78 Å². The summed E-state index contributed by atoms with van der Waals surface area (Å²) in [6.45, 7) is 2.30. The Balaban J connectivity index is 2.43. The van der Waals surface area contributed by atoms with E-state index in [1.54, 1.807) is 6.07 Å². The van der Waals surface area contributed by atoms with Crippen molar-refractivity contribution in [1.82, 2.24) is 9.88 Å². The molecule has 3 nitrogen and oxygen atoms in total. The number of likely N-dealkylation sites (N-methyl/N-ethyl adjacent to an activating group) is 1. The van der Waals surface area contributed by atoms with Crippen LogP contribution in [-0.4, -0.2) is 36.3 Å². The van der Waals surface area contributed by atoms with Crippen LogP contribution in [0, 0.1) is 5.82 Å². The molecule has 0 atom stereocenters. The van der Waals surface area contributed by atoms with Gasteiger partial charge >= 0.3 is 0 Å². The number of nitrogens with one attached hydrogen (secondary N) is 1. The van der Waals surface area contributed by atoms with Gasteiger partial charge in [-0.2, -0.15) is 0 Å². The number of nitrogens with zero attached hydrogens (tertiary/aromatic N) is 1. The monoisotopic (exact) mass is 248 g/mol. The zero-order valence-electron chi connectivity index (χ0n) is 10.9. The number of aromatic nitrogens is 1. The van der Waals surface area contributed by atoms with Crippen LogP contribution >= 0.6 is 0 Å². The first-order valence-corrected chi connectivity index (χ1v) is 5.94. The van der Waals surface area contributed by atoms with E-state index in [0.29, 0.717) is 16.5 Å². The quantitative estimate of drug-likeness (QED) is 0.844. The smallest absolute Gasteiger partial charge is 0.159 e. The SMILES string of the molecule is CC(=O)c1cc(F)c2c(CCN(C)C)c[nH]c2c1. The van der Waals surface area contributed by atoms with Gasteiger partial charge in [-0.25, -0.2) is 4.39 Å². The minimum absolute atomic E-state index is 0.125. The Morgan fingerprint density at radius 3 is 2.72 bits per heavy atom. The number of H-pyrrole nitrogens is 1. The maximum atomic E-state index is 14.0. The second-order valence-electron chi connectivity index (χ2n) is 4.80. The van der Waals surface area contributed by atoms with Crippen LogP contribution in [0.1, 0.15) is 22.8 Å². The standard InChI is InChI=1S/C14H17FN2O/c1-9(18)11-6-12(15)14-10(4-5-17(2)3)8-16-13(14)7-11/h6-8,16H,4-5H2,1-3H3. The highest BCUT2D eigenvalue weighted by atomic mass is 19.1. The van der Waals surface area contributed by atoms with Gasteiger partial charge in [0.1, 0.15) is 5.82 Å². The van der Waals surface area contributed by atoms with E-state index in [9.17, 15) is 9.18 Å². The summed E-state index contributed by atoms with van der Waals surface area (Å²) < 4.78 is 14.0. The molecule has 2 aromatic rings. The van der Waals surface area contributed by atoms with Crippen LogP contribution in [0.25, 0.3) is 10.9 Å². The molecule has 0 unspecified atom stereocenters. The number of benzene rings is 1. The molecule has 1 heterocycles. The second-order valence-corrected chi connectivity index (χ2v) is 4.80. The van der Waals surface area contributed by atoms with Crippen LogP contribution in [0.5, 0.6) is 0 Å². The van der Waals surface area contributed by atoms with Crippen molar-refractivity contribution in [3.05, 3.63) is 35.3 Å². The van der Waals surface area contributed by atoms with Gasteiger partial charge < -0.3 is 9.88 Å². The summed E-state index contributed by atoms with van der Waals surface area (Å²) in [7, 11) is 3.97. The van der Waals surface area contributed by atoms with Crippen molar-refractivity contribution in [3.63, 3.8) is 0 Å². The van der Waals surface area contributed by atoms with E-state index in [4.69, 9.17) is 0 Å². The number of Topliss-reactive ketones (excluding diaryl/α,β-unsaturated/α-hetero) is 1. The molecule has 0 bridgehead atoms. The summed E-state index contributed by atoms with van der Waals surface area (Å²) in [4.78, 5) is 16.4. The first-order valence-electron chi connectivity index (χ1n) is 5.94. The fourth-order valence-corrected chi connectivity index (χ4v) is 2.03. The number of carbonyl (C=O) groups excluding carboxylic acids is 1. The van der Waals surface area contributed by atoms with Gasteiger partial charge in [0.05, 0.1) is 0 Å². The van der Waals surface area contributed by atoms with E-state index in [1.165, 1.54) is 13.0 Å². The van der Waals surface area contributed by atoms with Gasteiger partial charge in [-0.3, -0.25) is 4.79 Å². The average molecular weight is 248 g/mol. The summed E-state index contributed by atoms with van der Waals surface area (Å²) in [5.41, 5.74) is 2.04. The van der Waals surface area contributed by atoms with Crippen molar-refractivity contribution in [2.75, 3.05) is 20.6 Å². The van der Waals surface area contributed by atoms with Crippen LogP contribution in [0.3, 0.4) is 0 Å². The summed E-state index contributed by atoms with van der Waals surface area (Å²) in [5, 5.41) is 0.599. The minimum atomic E-state index is -0.326. The third kappa shape index (κ3) is 2.43. The predicted octanol–water partition coefficient (Wildman–Crippen LogP) is 2.61. The Morgan fingerprint density at radius 1 is 1.39 bits per heavy atom. The van der Waals surface area contributed by atoms with Crippen LogP contribution < -0.4 is 0 Å². The molecule has 2 rings (SSSR count). The van der Waals surface area contributed by atoms with E-state index in [-0.39, 0.29) is 11.6 Å². The molecular formula is C14H17FN2O. The fraction of sp³-hybridized carbons (Fsp3) is 0.357. The molecule has 0 aliphatic heterocycles. The molecule has 18 heavy (non-hydrogen) atoms. The highest BCUT2D eigenvalue weighted by Gasteiger charge is 2.12. The fourth-order valence-electron chi connectivity index (χ4n) is 2.03. The Kier molecular flexibility index (Phi) is 3.48. The molecule has 0 spiro atoms. The molecule has 0 saturated carbocycles. The Morgan fingerprint density at radius 2 is 2.11 bits per heavy atom. The Hall–Kier alpha value is -1.68. The van der Waals surface area contributed by atoms with Crippen molar-refractivity contribution in [2.24, 2.45) is 0 Å². The molecule has 0 saturated heterocycles. The maximum Gasteiger partial charge on any atom is 0.159 e.